The first-order valence-electron chi connectivity index (χ1n) is 38.3. The second-order valence-corrected chi connectivity index (χ2v) is 31.0. The van der Waals surface area contributed by atoms with Gasteiger partial charge in [-0.15, -0.1) is 0 Å². The lowest BCUT2D eigenvalue weighted by Crippen LogP contribution is -2.30. The van der Waals surface area contributed by atoms with Crippen molar-refractivity contribution < 1.29 is 80.2 Å². The van der Waals surface area contributed by atoms with Gasteiger partial charge in [0.05, 0.1) is 26.4 Å². The van der Waals surface area contributed by atoms with E-state index in [1.807, 2.05) is 0 Å². The maximum Gasteiger partial charge on any atom is 0.472 e. The average molecular weight is 1370 g/mol. The molecule has 19 heteroatoms. The molecule has 4 unspecified atom stereocenters. The number of unbranched alkanes of at least 4 members (excludes halogenated alkanes) is 35. The highest BCUT2D eigenvalue weighted by atomic mass is 31.2. The molecule has 0 saturated heterocycles. The lowest BCUT2D eigenvalue weighted by Gasteiger charge is -2.21. The van der Waals surface area contributed by atoms with Crippen LogP contribution in [0.2, 0.25) is 0 Å². The molecule has 0 aliphatic carbocycles. The fourth-order valence-electron chi connectivity index (χ4n) is 11.1. The highest BCUT2D eigenvalue weighted by Gasteiger charge is 2.30. The fourth-order valence-corrected chi connectivity index (χ4v) is 12.7. The van der Waals surface area contributed by atoms with Crippen molar-refractivity contribution in [2.24, 2.45) is 23.7 Å². The van der Waals surface area contributed by atoms with Crippen LogP contribution < -0.4 is 0 Å². The third-order valence-corrected chi connectivity index (χ3v) is 19.7. The molecule has 0 fully saturated rings. The molecule has 0 aromatic heterocycles. The molecule has 0 aliphatic rings. The molecular weight excluding hydrogens is 1220 g/mol. The molecule has 0 rings (SSSR count). The summed E-state index contributed by atoms with van der Waals surface area (Å²) in [7, 11) is -9.91. The van der Waals surface area contributed by atoms with Crippen molar-refractivity contribution in [1.29, 1.82) is 0 Å². The highest BCUT2D eigenvalue weighted by molar-refractivity contribution is 7.47. The van der Waals surface area contributed by atoms with E-state index in [4.69, 9.17) is 37.0 Å². The summed E-state index contributed by atoms with van der Waals surface area (Å²) in [6, 6.07) is 0. The molecule has 0 aliphatic heterocycles. The molecule has 0 heterocycles. The van der Waals surface area contributed by atoms with E-state index < -0.39 is 97.5 Å². The van der Waals surface area contributed by atoms with Crippen LogP contribution in [0, 0.1) is 23.7 Å². The Labute approximate surface area is 568 Å². The van der Waals surface area contributed by atoms with Crippen LogP contribution in [0.15, 0.2) is 0 Å². The van der Waals surface area contributed by atoms with Crippen LogP contribution in [0.1, 0.15) is 370 Å². The zero-order valence-electron chi connectivity index (χ0n) is 60.9. The molecule has 0 aromatic carbocycles. The van der Waals surface area contributed by atoms with Gasteiger partial charge in [-0.05, 0) is 49.4 Å². The number of carbonyl (C=O) groups is 4. The summed E-state index contributed by atoms with van der Waals surface area (Å²) in [5.41, 5.74) is 0. The van der Waals surface area contributed by atoms with E-state index in [0.29, 0.717) is 25.7 Å². The zero-order chi connectivity index (χ0) is 68.9. The van der Waals surface area contributed by atoms with Crippen molar-refractivity contribution in [3.8, 4) is 0 Å². The average Bonchev–Trinajstić information content (AvgIpc) is 1.57. The smallest absolute Gasteiger partial charge is 0.462 e. The highest BCUT2D eigenvalue weighted by Crippen LogP contribution is 2.45. The molecule has 17 nitrogen and oxygen atoms in total. The van der Waals surface area contributed by atoms with Crippen LogP contribution >= 0.6 is 15.6 Å². The van der Waals surface area contributed by atoms with Gasteiger partial charge >= 0.3 is 39.5 Å². The number of aliphatic hydroxyl groups is 1. The summed E-state index contributed by atoms with van der Waals surface area (Å²) in [4.78, 5) is 72.7. The van der Waals surface area contributed by atoms with Gasteiger partial charge in [-0.25, -0.2) is 9.13 Å². The van der Waals surface area contributed by atoms with Gasteiger partial charge in [-0.3, -0.25) is 37.3 Å². The van der Waals surface area contributed by atoms with Crippen molar-refractivity contribution >= 4 is 39.5 Å². The summed E-state index contributed by atoms with van der Waals surface area (Å²) in [5, 5.41) is 10.6. The Morgan fingerprint density at radius 1 is 0.301 bits per heavy atom. The lowest BCUT2D eigenvalue weighted by molar-refractivity contribution is -0.161. The third-order valence-electron chi connectivity index (χ3n) is 17.8. The first-order chi connectivity index (χ1) is 44.7. The van der Waals surface area contributed by atoms with Gasteiger partial charge in [0.1, 0.15) is 19.3 Å². The van der Waals surface area contributed by atoms with Crippen molar-refractivity contribution in [3.63, 3.8) is 0 Å². The molecule has 0 aromatic rings. The van der Waals surface area contributed by atoms with Crippen LogP contribution in [0.3, 0.4) is 0 Å². The van der Waals surface area contributed by atoms with Crippen LogP contribution in [-0.4, -0.2) is 96.7 Å². The van der Waals surface area contributed by atoms with Gasteiger partial charge in [0.25, 0.3) is 0 Å². The standard InChI is InChI=1S/C74H144O17P2/c1-9-66(7)52-44-36-30-32-39-47-55-72(77)85-61-70(91-74(79)57-49-41-33-31-37-45-53-67(8)10-2)63-89-93(82,83)87-59-68(75)58-86-92(80,81)88-62-69(60-84-71(76)54-46-38-28-24-20-17-16-19-23-27-35-43-51-65(5)6)90-73(78)56-48-40-29-25-21-15-13-11-12-14-18-22-26-34-42-50-64(3)4/h64-70,75H,9-63H2,1-8H3,(H,80,81)(H,82,83)/t66?,67?,68-,69-,70-/m1/s1. The van der Waals surface area contributed by atoms with E-state index in [1.165, 1.54) is 167 Å². The van der Waals surface area contributed by atoms with Gasteiger partial charge in [-0.1, -0.05) is 319 Å². The summed E-state index contributed by atoms with van der Waals surface area (Å²) < 4.78 is 68.4. The number of esters is 4. The monoisotopic (exact) mass is 1370 g/mol. The maximum atomic E-state index is 13.1. The molecule has 7 atom stereocenters. The second kappa shape index (κ2) is 63.5. The Hall–Kier alpha value is -1.94. The molecule has 552 valence electrons. The molecule has 0 spiro atoms. The first-order valence-corrected chi connectivity index (χ1v) is 41.3. The predicted molar refractivity (Wildman–Crippen MR) is 377 cm³/mol. The maximum absolute atomic E-state index is 13.1. The van der Waals surface area contributed by atoms with Gasteiger partial charge in [0.15, 0.2) is 12.2 Å². The number of rotatable bonds is 71. The lowest BCUT2D eigenvalue weighted by atomic mass is 10.00. The van der Waals surface area contributed by atoms with Gasteiger partial charge in [0, 0.05) is 25.7 Å². The number of carbonyl (C=O) groups excluding carboxylic acids is 4. The number of hydrogen-bond acceptors (Lipinski definition) is 15. The second-order valence-electron chi connectivity index (χ2n) is 28.1. The summed E-state index contributed by atoms with van der Waals surface area (Å²) in [5.74, 6) is 0.908. The van der Waals surface area contributed by atoms with E-state index >= 15 is 0 Å². The number of hydrogen-bond donors (Lipinski definition) is 3. The summed E-state index contributed by atoms with van der Waals surface area (Å²) in [6.45, 7) is 14.1. The minimum absolute atomic E-state index is 0.102. The number of phosphoric acid groups is 2. The Balaban J connectivity index is 5.24. The Morgan fingerprint density at radius 3 is 0.763 bits per heavy atom. The Morgan fingerprint density at radius 2 is 0.516 bits per heavy atom. The van der Waals surface area contributed by atoms with Crippen LogP contribution in [0.25, 0.3) is 0 Å². The number of aliphatic hydroxyl groups excluding tert-OH is 1. The van der Waals surface area contributed by atoms with Crippen molar-refractivity contribution in [3.05, 3.63) is 0 Å². The van der Waals surface area contributed by atoms with Crippen molar-refractivity contribution in [1.82, 2.24) is 0 Å². The minimum Gasteiger partial charge on any atom is -0.462 e. The zero-order valence-corrected chi connectivity index (χ0v) is 62.7. The fraction of sp³-hybridized carbons (Fsp3) is 0.946. The summed E-state index contributed by atoms with van der Waals surface area (Å²) >= 11 is 0. The normalized spacial score (nSPS) is 14.8. The molecule has 3 N–H and O–H groups in total. The number of phosphoric ester groups is 2. The van der Waals surface area contributed by atoms with Crippen LogP contribution in [0.5, 0.6) is 0 Å². The molecule has 0 saturated carbocycles. The topological polar surface area (TPSA) is 237 Å². The third kappa shape index (κ3) is 65.8. The quantitative estimate of drug-likeness (QED) is 0.0222. The van der Waals surface area contributed by atoms with Gasteiger partial charge < -0.3 is 33.8 Å². The van der Waals surface area contributed by atoms with E-state index in [2.05, 4.69) is 55.4 Å². The predicted octanol–water partition coefficient (Wildman–Crippen LogP) is 21.3. The van der Waals surface area contributed by atoms with Crippen molar-refractivity contribution in [2.75, 3.05) is 39.6 Å². The number of ether oxygens (including phenoxy) is 4. The van der Waals surface area contributed by atoms with E-state index in [1.54, 1.807) is 0 Å². The molecule has 0 amide bonds. The Kier molecular flexibility index (Phi) is 62.2. The Bertz CT molecular complexity index is 1840. The van der Waals surface area contributed by atoms with Gasteiger partial charge in [0.2, 0.25) is 0 Å². The first kappa shape index (κ1) is 91.1. The molecule has 0 bridgehead atoms. The summed E-state index contributed by atoms with van der Waals surface area (Å²) in [6.07, 6.45) is 47.3. The minimum atomic E-state index is -4.96. The van der Waals surface area contributed by atoms with Crippen molar-refractivity contribution in [2.45, 2.75) is 388 Å². The van der Waals surface area contributed by atoms with E-state index in [9.17, 15) is 43.2 Å². The van der Waals surface area contributed by atoms with Crippen LogP contribution in [0.4, 0.5) is 0 Å². The largest absolute Gasteiger partial charge is 0.472 e. The molecule has 93 heavy (non-hydrogen) atoms. The van der Waals surface area contributed by atoms with E-state index in [-0.39, 0.29) is 25.7 Å². The SMILES string of the molecule is CCC(C)CCCCCCCCC(=O)OC[C@H](COP(=O)(O)OC[C@H](O)COP(=O)(O)OC[C@@H](COC(=O)CCCCCCCCCCCCCCC(C)C)OC(=O)CCCCCCCCCCCCCCCCCC(C)C)OC(=O)CCCCCCCCC(C)CC. The molecule has 0 radical (unpaired) electrons. The van der Waals surface area contributed by atoms with Gasteiger partial charge in [-0.2, -0.15) is 0 Å². The van der Waals surface area contributed by atoms with E-state index in [0.717, 1.165) is 120 Å². The molecular formula is C74H144O17P2. The van der Waals surface area contributed by atoms with Crippen LogP contribution in [-0.2, 0) is 65.4 Å².